The first-order chi connectivity index (χ1) is 3.39. The minimum absolute atomic E-state index is 0.645. The quantitative estimate of drug-likeness (QED) is 0.443. The van der Waals surface area contributed by atoms with Gasteiger partial charge in [0.15, 0.2) is 6.29 Å². The topological polar surface area (TPSA) is 29.5 Å². The van der Waals surface area contributed by atoms with E-state index in [1.807, 2.05) is 6.08 Å². The summed E-state index contributed by atoms with van der Waals surface area (Å²) in [7, 11) is 0. The van der Waals surface area contributed by atoms with Gasteiger partial charge in [0.2, 0.25) is 0 Å². The fourth-order valence-corrected chi connectivity index (χ4v) is 0.525. The first-order valence-corrected chi connectivity index (χ1v) is 2.36. The Kier molecular flexibility index (Phi) is 1.44. The zero-order valence-electron chi connectivity index (χ0n) is 4.00. The maximum absolute atomic E-state index is 8.60. The van der Waals surface area contributed by atoms with Gasteiger partial charge < -0.3 is 9.84 Å². The Morgan fingerprint density at radius 3 is 2.86 bits per heavy atom. The van der Waals surface area contributed by atoms with Gasteiger partial charge in [0.1, 0.15) is 0 Å². The van der Waals surface area contributed by atoms with Crippen LogP contribution >= 0.6 is 0 Å². The number of ether oxygens (including phenoxy) is 1. The predicted octanol–water partition coefficient (Wildman–Crippen LogP) is 0.281. The normalized spacial score (nSPS) is 30.7. The third-order valence-electron chi connectivity index (χ3n) is 0.874. The van der Waals surface area contributed by atoms with E-state index in [4.69, 9.17) is 9.84 Å². The van der Waals surface area contributed by atoms with E-state index in [2.05, 4.69) is 0 Å². The summed E-state index contributed by atoms with van der Waals surface area (Å²) in [5.41, 5.74) is 0. The molecule has 2 heteroatoms. The van der Waals surface area contributed by atoms with Crippen LogP contribution in [0.2, 0.25) is 0 Å². The Balaban J connectivity index is 2.36. The molecule has 1 rings (SSSR count). The van der Waals surface area contributed by atoms with Crippen LogP contribution in [0.1, 0.15) is 6.42 Å². The molecule has 40 valence electrons. The standard InChI is InChI=1S/C5H8O2/c6-5-3-1-2-4-7-5/h1,3,5-6H,2,4H2. The van der Waals surface area contributed by atoms with Gasteiger partial charge in [0, 0.05) is 0 Å². The third-order valence-corrected chi connectivity index (χ3v) is 0.874. The van der Waals surface area contributed by atoms with E-state index in [1.165, 1.54) is 0 Å². The Morgan fingerprint density at radius 1 is 1.71 bits per heavy atom. The van der Waals surface area contributed by atoms with E-state index in [9.17, 15) is 0 Å². The number of hydrogen-bond donors (Lipinski definition) is 1. The number of hydrogen-bond acceptors (Lipinski definition) is 2. The summed E-state index contributed by atoms with van der Waals surface area (Å²) in [6, 6.07) is 0. The average molecular weight is 100 g/mol. The van der Waals surface area contributed by atoms with E-state index >= 15 is 0 Å². The highest BCUT2D eigenvalue weighted by Gasteiger charge is 1.99. The van der Waals surface area contributed by atoms with E-state index in [-0.39, 0.29) is 0 Å². The molecule has 0 aliphatic carbocycles. The number of rotatable bonds is 0. The van der Waals surface area contributed by atoms with Gasteiger partial charge in [-0.25, -0.2) is 0 Å². The molecule has 0 aromatic carbocycles. The maximum atomic E-state index is 8.60. The van der Waals surface area contributed by atoms with Crippen LogP contribution in [-0.4, -0.2) is 18.0 Å². The second-order valence-corrected chi connectivity index (χ2v) is 1.48. The van der Waals surface area contributed by atoms with Crippen LogP contribution in [0.25, 0.3) is 0 Å². The summed E-state index contributed by atoms with van der Waals surface area (Å²) in [6.07, 6.45) is 3.84. The molecule has 1 heterocycles. The van der Waals surface area contributed by atoms with Gasteiger partial charge in [0.25, 0.3) is 0 Å². The maximum Gasteiger partial charge on any atom is 0.174 e. The van der Waals surface area contributed by atoms with Crippen LogP contribution < -0.4 is 0 Å². The molecule has 0 aromatic rings. The Labute approximate surface area is 42.4 Å². The van der Waals surface area contributed by atoms with Gasteiger partial charge >= 0.3 is 0 Å². The van der Waals surface area contributed by atoms with Crippen molar-refractivity contribution in [1.82, 2.24) is 0 Å². The van der Waals surface area contributed by atoms with E-state index in [1.54, 1.807) is 6.08 Å². The Morgan fingerprint density at radius 2 is 2.57 bits per heavy atom. The minimum atomic E-state index is -0.645. The molecule has 2 nitrogen and oxygen atoms in total. The second-order valence-electron chi connectivity index (χ2n) is 1.48. The second kappa shape index (κ2) is 2.09. The van der Waals surface area contributed by atoms with Gasteiger partial charge in [0.05, 0.1) is 6.61 Å². The summed E-state index contributed by atoms with van der Waals surface area (Å²) in [5, 5.41) is 8.60. The van der Waals surface area contributed by atoms with Crippen LogP contribution in [0.15, 0.2) is 12.2 Å². The first kappa shape index (κ1) is 4.81. The molecule has 0 fully saturated rings. The van der Waals surface area contributed by atoms with E-state index in [0.717, 1.165) is 6.42 Å². The SMILES string of the molecule is OC1C=CCCO1. The first-order valence-electron chi connectivity index (χ1n) is 2.36. The highest BCUT2D eigenvalue weighted by atomic mass is 16.6. The lowest BCUT2D eigenvalue weighted by Crippen LogP contribution is -2.12. The Hall–Kier alpha value is -0.340. The largest absolute Gasteiger partial charge is 0.365 e. The highest BCUT2D eigenvalue weighted by Crippen LogP contribution is 1.99. The van der Waals surface area contributed by atoms with Crippen molar-refractivity contribution >= 4 is 0 Å². The third kappa shape index (κ3) is 1.29. The molecule has 0 radical (unpaired) electrons. The zero-order chi connectivity index (χ0) is 5.11. The van der Waals surface area contributed by atoms with Crippen molar-refractivity contribution in [3.8, 4) is 0 Å². The smallest absolute Gasteiger partial charge is 0.174 e. The molecule has 1 aliphatic rings. The molecule has 1 N–H and O–H groups in total. The molecule has 0 amide bonds. The molecule has 0 saturated carbocycles. The van der Waals surface area contributed by atoms with Crippen molar-refractivity contribution in [2.24, 2.45) is 0 Å². The molecule has 0 saturated heterocycles. The van der Waals surface area contributed by atoms with Crippen LogP contribution in [0, 0.1) is 0 Å². The minimum Gasteiger partial charge on any atom is -0.365 e. The van der Waals surface area contributed by atoms with Crippen LogP contribution in [0.3, 0.4) is 0 Å². The van der Waals surface area contributed by atoms with Crippen molar-refractivity contribution < 1.29 is 9.84 Å². The molecule has 1 atom stereocenters. The summed E-state index contributed by atoms with van der Waals surface area (Å²) in [5.74, 6) is 0. The fraction of sp³-hybridized carbons (Fsp3) is 0.600. The van der Waals surface area contributed by atoms with Crippen molar-refractivity contribution in [1.29, 1.82) is 0 Å². The van der Waals surface area contributed by atoms with Crippen LogP contribution in [0.4, 0.5) is 0 Å². The lowest BCUT2D eigenvalue weighted by molar-refractivity contribution is -0.0685. The van der Waals surface area contributed by atoms with Crippen molar-refractivity contribution in [3.63, 3.8) is 0 Å². The Bertz CT molecular complexity index is 78.1. The molecule has 0 aromatic heterocycles. The van der Waals surface area contributed by atoms with Gasteiger partial charge in [-0.3, -0.25) is 0 Å². The van der Waals surface area contributed by atoms with E-state index < -0.39 is 6.29 Å². The van der Waals surface area contributed by atoms with Crippen molar-refractivity contribution in [2.75, 3.05) is 6.61 Å². The lowest BCUT2D eigenvalue weighted by atomic mass is 10.3. The molecule has 7 heavy (non-hydrogen) atoms. The van der Waals surface area contributed by atoms with Crippen LogP contribution in [0.5, 0.6) is 0 Å². The molecular formula is C5H8O2. The summed E-state index contributed by atoms with van der Waals surface area (Å²) < 4.78 is 4.75. The van der Waals surface area contributed by atoms with Crippen LogP contribution in [-0.2, 0) is 4.74 Å². The average Bonchev–Trinajstić information content (AvgIpc) is 1.69. The summed E-state index contributed by atoms with van der Waals surface area (Å²) >= 11 is 0. The lowest BCUT2D eigenvalue weighted by Gasteiger charge is -2.09. The molecule has 1 unspecified atom stereocenters. The number of aliphatic hydroxyl groups excluding tert-OH is 1. The summed E-state index contributed by atoms with van der Waals surface area (Å²) in [6.45, 7) is 0.650. The molecular weight excluding hydrogens is 92.1 g/mol. The predicted molar refractivity (Wildman–Crippen MR) is 25.7 cm³/mol. The zero-order valence-corrected chi connectivity index (χ0v) is 4.00. The van der Waals surface area contributed by atoms with Gasteiger partial charge in [-0.1, -0.05) is 6.08 Å². The number of aliphatic hydroxyl groups is 1. The molecule has 0 bridgehead atoms. The summed E-state index contributed by atoms with van der Waals surface area (Å²) in [4.78, 5) is 0. The van der Waals surface area contributed by atoms with Gasteiger partial charge in [-0.2, -0.15) is 0 Å². The highest BCUT2D eigenvalue weighted by molar-refractivity contribution is 4.87. The van der Waals surface area contributed by atoms with Crippen molar-refractivity contribution in [3.05, 3.63) is 12.2 Å². The molecule has 0 spiro atoms. The van der Waals surface area contributed by atoms with E-state index in [0.29, 0.717) is 6.61 Å². The van der Waals surface area contributed by atoms with Crippen molar-refractivity contribution in [2.45, 2.75) is 12.7 Å². The van der Waals surface area contributed by atoms with Gasteiger partial charge in [-0.05, 0) is 12.5 Å². The fourth-order valence-electron chi connectivity index (χ4n) is 0.525. The monoisotopic (exact) mass is 100 g/mol. The molecule has 1 aliphatic heterocycles. The van der Waals surface area contributed by atoms with Gasteiger partial charge in [-0.15, -0.1) is 0 Å².